The van der Waals surface area contributed by atoms with Gasteiger partial charge in [-0.05, 0) is 54.6 Å². The Morgan fingerprint density at radius 3 is 2.81 bits per heavy atom. The largest absolute Gasteiger partial charge is 0.381 e. The van der Waals surface area contributed by atoms with E-state index in [1.165, 1.54) is 9.13 Å². The molecule has 0 bridgehead atoms. The van der Waals surface area contributed by atoms with Crippen LogP contribution in [-0.4, -0.2) is 10.2 Å². The van der Waals surface area contributed by atoms with E-state index in [-0.39, 0.29) is 0 Å². The lowest BCUT2D eigenvalue weighted by molar-refractivity contribution is 1.02. The Morgan fingerprint density at radius 1 is 1.38 bits per heavy atom. The Hall–Kier alpha value is -1.04. The summed E-state index contributed by atoms with van der Waals surface area (Å²) in [7, 11) is 0. The fourth-order valence-corrected chi connectivity index (χ4v) is 2.17. The molecule has 4 heteroatoms. The topological polar surface area (TPSA) is 40.7 Å². The van der Waals surface area contributed by atoms with Crippen molar-refractivity contribution < 1.29 is 0 Å². The summed E-state index contributed by atoms with van der Waals surface area (Å²) in [5, 5.41) is 10.6. The number of anilines is 1. The molecule has 0 radical (unpaired) electrons. The Labute approximate surface area is 109 Å². The highest BCUT2D eigenvalue weighted by atomic mass is 127. The number of nitrogens with one attached hydrogen (secondary N) is 2. The minimum atomic E-state index is 0.814. The summed E-state index contributed by atoms with van der Waals surface area (Å²) in [6, 6.07) is 8.34. The number of halogens is 1. The molecule has 0 amide bonds. The highest BCUT2D eigenvalue weighted by Crippen LogP contribution is 2.15. The number of hydrogen-bond acceptors (Lipinski definition) is 2. The molecule has 2 aromatic rings. The quantitative estimate of drug-likeness (QED) is 0.850. The lowest BCUT2D eigenvalue weighted by Crippen LogP contribution is -2.01. The van der Waals surface area contributed by atoms with Crippen LogP contribution in [0.25, 0.3) is 0 Å². The third-order valence-electron chi connectivity index (χ3n) is 2.57. The van der Waals surface area contributed by atoms with Gasteiger partial charge in [0.15, 0.2) is 0 Å². The maximum atomic E-state index is 4.18. The zero-order valence-corrected chi connectivity index (χ0v) is 11.5. The van der Waals surface area contributed by atoms with Gasteiger partial charge in [-0.2, -0.15) is 5.10 Å². The van der Waals surface area contributed by atoms with E-state index in [0.29, 0.717) is 0 Å². The SMILES string of the molecule is Cc1n[nH]c(C)c1CNc1cccc(I)c1. The average molecular weight is 327 g/mol. The van der Waals surface area contributed by atoms with E-state index >= 15 is 0 Å². The number of nitrogens with zero attached hydrogens (tertiary/aromatic N) is 1. The second kappa shape index (κ2) is 4.86. The van der Waals surface area contributed by atoms with Crippen LogP contribution in [0.1, 0.15) is 17.0 Å². The van der Waals surface area contributed by atoms with Gasteiger partial charge in [-0.15, -0.1) is 0 Å². The highest BCUT2D eigenvalue weighted by Gasteiger charge is 2.05. The number of aryl methyl sites for hydroxylation is 2. The lowest BCUT2D eigenvalue weighted by atomic mass is 10.2. The molecule has 0 unspecified atom stereocenters. The summed E-state index contributed by atoms with van der Waals surface area (Å²) in [5.74, 6) is 0. The van der Waals surface area contributed by atoms with Gasteiger partial charge in [-0.3, -0.25) is 5.10 Å². The molecule has 0 aliphatic rings. The fourth-order valence-electron chi connectivity index (χ4n) is 1.62. The molecular formula is C12H14IN3. The van der Waals surface area contributed by atoms with Gasteiger partial charge >= 0.3 is 0 Å². The number of benzene rings is 1. The van der Waals surface area contributed by atoms with Crippen molar-refractivity contribution in [2.45, 2.75) is 20.4 Å². The second-order valence-electron chi connectivity index (χ2n) is 3.78. The molecule has 1 aromatic carbocycles. The maximum Gasteiger partial charge on any atom is 0.0643 e. The van der Waals surface area contributed by atoms with Gasteiger partial charge in [0, 0.05) is 27.1 Å². The van der Waals surface area contributed by atoms with E-state index in [2.05, 4.69) is 62.4 Å². The minimum absolute atomic E-state index is 0.814. The zero-order valence-electron chi connectivity index (χ0n) is 9.34. The predicted octanol–water partition coefficient (Wildman–Crippen LogP) is 3.24. The molecule has 0 aliphatic heterocycles. The molecule has 1 aromatic heterocycles. The molecule has 84 valence electrons. The van der Waals surface area contributed by atoms with Crippen LogP contribution in [0.15, 0.2) is 24.3 Å². The van der Waals surface area contributed by atoms with Crippen molar-refractivity contribution in [3.63, 3.8) is 0 Å². The first-order valence-electron chi connectivity index (χ1n) is 5.16. The van der Waals surface area contributed by atoms with Gasteiger partial charge in [0.25, 0.3) is 0 Å². The molecule has 0 atom stereocenters. The molecule has 2 rings (SSSR count). The van der Waals surface area contributed by atoms with Crippen LogP contribution in [0, 0.1) is 17.4 Å². The molecule has 0 saturated carbocycles. The number of aromatic amines is 1. The zero-order chi connectivity index (χ0) is 11.5. The van der Waals surface area contributed by atoms with Crippen LogP contribution in [0.3, 0.4) is 0 Å². The van der Waals surface area contributed by atoms with Gasteiger partial charge < -0.3 is 5.32 Å². The van der Waals surface area contributed by atoms with Crippen LogP contribution in [0.2, 0.25) is 0 Å². The molecule has 16 heavy (non-hydrogen) atoms. The molecule has 1 heterocycles. The van der Waals surface area contributed by atoms with Gasteiger partial charge in [-0.25, -0.2) is 0 Å². The Kier molecular flexibility index (Phi) is 3.48. The highest BCUT2D eigenvalue weighted by molar-refractivity contribution is 14.1. The average Bonchev–Trinajstić information content (AvgIpc) is 2.56. The van der Waals surface area contributed by atoms with Gasteiger partial charge in [-0.1, -0.05) is 6.07 Å². The Balaban J connectivity index is 2.08. The normalized spacial score (nSPS) is 10.4. The summed E-state index contributed by atoms with van der Waals surface area (Å²) in [6.45, 7) is 4.88. The summed E-state index contributed by atoms with van der Waals surface area (Å²) >= 11 is 2.31. The van der Waals surface area contributed by atoms with Crippen molar-refractivity contribution >= 4 is 28.3 Å². The minimum Gasteiger partial charge on any atom is -0.381 e. The first-order valence-corrected chi connectivity index (χ1v) is 6.24. The first-order chi connectivity index (χ1) is 7.66. The fraction of sp³-hybridized carbons (Fsp3) is 0.250. The summed E-state index contributed by atoms with van der Waals surface area (Å²) in [6.07, 6.45) is 0. The number of aromatic nitrogens is 2. The standard InChI is InChI=1S/C12H14IN3/c1-8-12(9(2)16-15-8)7-14-11-5-3-4-10(13)6-11/h3-6,14H,7H2,1-2H3,(H,15,16). The second-order valence-corrected chi connectivity index (χ2v) is 5.02. The van der Waals surface area contributed by atoms with E-state index in [4.69, 9.17) is 0 Å². The maximum absolute atomic E-state index is 4.18. The van der Waals surface area contributed by atoms with E-state index in [0.717, 1.165) is 23.6 Å². The van der Waals surface area contributed by atoms with Crippen LogP contribution in [-0.2, 0) is 6.54 Å². The number of H-pyrrole nitrogens is 1. The number of rotatable bonds is 3. The van der Waals surface area contributed by atoms with E-state index < -0.39 is 0 Å². The van der Waals surface area contributed by atoms with E-state index in [9.17, 15) is 0 Å². The monoisotopic (exact) mass is 327 g/mol. The van der Waals surface area contributed by atoms with Gasteiger partial charge in [0.1, 0.15) is 0 Å². The van der Waals surface area contributed by atoms with Crippen molar-refractivity contribution in [1.29, 1.82) is 0 Å². The van der Waals surface area contributed by atoms with Crippen LogP contribution >= 0.6 is 22.6 Å². The summed E-state index contributed by atoms with van der Waals surface area (Å²) in [4.78, 5) is 0. The molecule has 0 aliphatic carbocycles. The van der Waals surface area contributed by atoms with Crippen molar-refractivity contribution in [2.75, 3.05) is 5.32 Å². The number of hydrogen-bond donors (Lipinski definition) is 2. The third kappa shape index (κ3) is 2.55. The Morgan fingerprint density at radius 2 is 2.19 bits per heavy atom. The lowest BCUT2D eigenvalue weighted by Gasteiger charge is -2.06. The molecule has 3 nitrogen and oxygen atoms in total. The van der Waals surface area contributed by atoms with Crippen molar-refractivity contribution in [2.24, 2.45) is 0 Å². The van der Waals surface area contributed by atoms with Gasteiger partial charge in [0.2, 0.25) is 0 Å². The van der Waals surface area contributed by atoms with Crippen molar-refractivity contribution in [1.82, 2.24) is 10.2 Å². The molecule has 0 spiro atoms. The van der Waals surface area contributed by atoms with Crippen molar-refractivity contribution in [3.8, 4) is 0 Å². The van der Waals surface area contributed by atoms with Gasteiger partial charge in [0.05, 0.1) is 5.69 Å². The molecular weight excluding hydrogens is 313 g/mol. The molecule has 2 N–H and O–H groups in total. The van der Waals surface area contributed by atoms with Crippen LogP contribution in [0.4, 0.5) is 5.69 Å². The summed E-state index contributed by atoms with van der Waals surface area (Å²) < 4.78 is 1.24. The third-order valence-corrected chi connectivity index (χ3v) is 3.25. The van der Waals surface area contributed by atoms with E-state index in [1.807, 2.05) is 13.8 Å². The van der Waals surface area contributed by atoms with Crippen LogP contribution in [0.5, 0.6) is 0 Å². The first kappa shape index (κ1) is 11.4. The van der Waals surface area contributed by atoms with Crippen LogP contribution < -0.4 is 5.32 Å². The smallest absolute Gasteiger partial charge is 0.0643 e. The Bertz CT molecular complexity index is 471. The van der Waals surface area contributed by atoms with Crippen molar-refractivity contribution in [3.05, 3.63) is 44.8 Å². The molecule has 0 fully saturated rings. The van der Waals surface area contributed by atoms with E-state index in [1.54, 1.807) is 0 Å². The predicted molar refractivity (Wildman–Crippen MR) is 74.5 cm³/mol. The summed E-state index contributed by atoms with van der Waals surface area (Å²) in [5.41, 5.74) is 4.59. The molecule has 0 saturated heterocycles.